The van der Waals surface area contributed by atoms with E-state index in [9.17, 15) is 4.79 Å². The first-order valence-electron chi connectivity index (χ1n) is 12.6. The van der Waals surface area contributed by atoms with E-state index in [2.05, 4.69) is 6.58 Å². The van der Waals surface area contributed by atoms with Gasteiger partial charge in [0.25, 0.3) is 0 Å². The minimum atomic E-state index is -0.422. The predicted molar refractivity (Wildman–Crippen MR) is 151 cm³/mol. The van der Waals surface area contributed by atoms with E-state index in [1.807, 2.05) is 51.1 Å². The van der Waals surface area contributed by atoms with Crippen molar-refractivity contribution >= 4 is 5.78 Å². The van der Waals surface area contributed by atoms with Gasteiger partial charge in [0.15, 0.2) is 28.8 Å². The van der Waals surface area contributed by atoms with Crippen LogP contribution in [0.15, 0.2) is 54.7 Å². The van der Waals surface area contributed by atoms with E-state index in [1.165, 1.54) is 7.11 Å². The van der Waals surface area contributed by atoms with Gasteiger partial charge in [-0.1, -0.05) is 50.3 Å². The highest BCUT2D eigenvalue weighted by molar-refractivity contribution is 6.06. The molecule has 0 saturated carbocycles. The minimum absolute atomic E-state index is 0.00522. The van der Waals surface area contributed by atoms with Gasteiger partial charge < -0.3 is 28.4 Å². The first-order valence-corrected chi connectivity index (χ1v) is 12.6. The molecular formula is C31H40O7. The fraction of sp³-hybridized carbons (Fsp3) is 0.387. The Hall–Kier alpha value is -3.87. The summed E-state index contributed by atoms with van der Waals surface area (Å²) >= 11 is 0. The number of carbonyl (C=O) groups is 1. The molecule has 2 unspecified atom stereocenters. The number of Topliss-reactive ketones (excluding diaryl/α,β-unsaturated/α-hetero) is 1. The highest BCUT2D eigenvalue weighted by atomic mass is 16.5. The number of ketones is 1. The van der Waals surface area contributed by atoms with Crippen LogP contribution >= 0.6 is 0 Å². The van der Waals surface area contributed by atoms with Crippen molar-refractivity contribution in [1.29, 1.82) is 0 Å². The molecular weight excluding hydrogens is 484 g/mol. The van der Waals surface area contributed by atoms with E-state index >= 15 is 0 Å². The Labute approximate surface area is 226 Å². The van der Waals surface area contributed by atoms with Gasteiger partial charge >= 0.3 is 0 Å². The third-order valence-electron chi connectivity index (χ3n) is 6.50. The standard InChI is InChI=1S/C29H34O7.C2H6/c1-9-11-12-17(10-2)13-19-24(18-14-21(31-3)27(34-6)22(15-18)32-4)25-20(26(19)30)16-23(33-5)28(35-7)29(25)36-8;1-2/h9-12,14-16,19,24H,1,13H2,2-8H3;1-2H3/b12-11-,17-10+;. The fourth-order valence-electron chi connectivity index (χ4n) is 4.86. The molecule has 38 heavy (non-hydrogen) atoms. The second-order valence-electron chi connectivity index (χ2n) is 8.18. The molecule has 0 spiro atoms. The number of rotatable bonds is 11. The van der Waals surface area contributed by atoms with Crippen LogP contribution in [-0.4, -0.2) is 48.4 Å². The van der Waals surface area contributed by atoms with Gasteiger partial charge in [-0.15, -0.1) is 0 Å². The SMILES string of the molecule is C=C/C=C\C(=C/C)CC1C(=O)c2cc(OC)c(OC)c(OC)c2C1c1cc(OC)c(OC)c(OC)c1.CC. The molecule has 2 aromatic carbocycles. The van der Waals surface area contributed by atoms with Gasteiger partial charge in [-0.2, -0.15) is 0 Å². The fourth-order valence-corrected chi connectivity index (χ4v) is 4.86. The van der Waals surface area contributed by atoms with Crippen LogP contribution in [0.5, 0.6) is 34.5 Å². The van der Waals surface area contributed by atoms with E-state index in [-0.39, 0.29) is 11.7 Å². The molecule has 206 valence electrons. The zero-order valence-corrected chi connectivity index (χ0v) is 24.0. The van der Waals surface area contributed by atoms with Crippen LogP contribution < -0.4 is 28.4 Å². The minimum Gasteiger partial charge on any atom is -0.493 e. The van der Waals surface area contributed by atoms with Gasteiger partial charge in [-0.3, -0.25) is 4.79 Å². The lowest BCUT2D eigenvalue weighted by Crippen LogP contribution is -2.16. The molecule has 0 amide bonds. The summed E-state index contributed by atoms with van der Waals surface area (Å²) < 4.78 is 33.8. The van der Waals surface area contributed by atoms with Crippen LogP contribution in [0.4, 0.5) is 0 Å². The number of fused-ring (bicyclic) bond motifs is 1. The van der Waals surface area contributed by atoms with E-state index in [0.717, 1.165) is 16.7 Å². The Bertz CT molecular complexity index is 1170. The Morgan fingerprint density at radius 1 is 0.816 bits per heavy atom. The molecule has 0 saturated heterocycles. The van der Waals surface area contributed by atoms with Gasteiger partial charge in [0.05, 0.1) is 42.7 Å². The molecule has 7 heteroatoms. The van der Waals surface area contributed by atoms with E-state index in [0.29, 0.717) is 46.5 Å². The third kappa shape index (κ3) is 5.67. The van der Waals surface area contributed by atoms with Crippen LogP contribution in [0.2, 0.25) is 0 Å². The number of hydrogen-bond acceptors (Lipinski definition) is 7. The largest absolute Gasteiger partial charge is 0.493 e. The van der Waals surface area contributed by atoms with Crippen LogP contribution in [0, 0.1) is 5.92 Å². The summed E-state index contributed by atoms with van der Waals surface area (Å²) in [5.41, 5.74) is 3.12. The lowest BCUT2D eigenvalue weighted by atomic mass is 9.81. The molecule has 0 radical (unpaired) electrons. The highest BCUT2D eigenvalue weighted by Gasteiger charge is 2.45. The Morgan fingerprint density at radius 3 is 1.79 bits per heavy atom. The molecule has 0 bridgehead atoms. The molecule has 0 aliphatic heterocycles. The molecule has 1 aliphatic carbocycles. The number of methoxy groups -OCH3 is 6. The topological polar surface area (TPSA) is 72.5 Å². The highest BCUT2D eigenvalue weighted by Crippen LogP contribution is 2.56. The number of allylic oxidation sites excluding steroid dienone is 5. The van der Waals surface area contributed by atoms with E-state index in [4.69, 9.17) is 28.4 Å². The summed E-state index contributed by atoms with van der Waals surface area (Å²) in [4.78, 5) is 14.0. The normalized spacial score (nSPS) is 16.3. The Morgan fingerprint density at radius 2 is 1.34 bits per heavy atom. The number of ether oxygens (including phenoxy) is 6. The molecule has 2 atom stereocenters. The van der Waals surface area contributed by atoms with Crippen molar-refractivity contribution in [3.63, 3.8) is 0 Å². The van der Waals surface area contributed by atoms with Crippen LogP contribution in [0.3, 0.4) is 0 Å². The monoisotopic (exact) mass is 524 g/mol. The van der Waals surface area contributed by atoms with E-state index in [1.54, 1.807) is 47.7 Å². The van der Waals surface area contributed by atoms with Crippen molar-refractivity contribution in [3.05, 3.63) is 71.3 Å². The summed E-state index contributed by atoms with van der Waals surface area (Å²) in [6.07, 6.45) is 8.05. The molecule has 7 nitrogen and oxygen atoms in total. The van der Waals surface area contributed by atoms with Crippen LogP contribution in [0.25, 0.3) is 0 Å². The van der Waals surface area contributed by atoms with Gasteiger partial charge in [0.1, 0.15) is 0 Å². The molecule has 0 aromatic heterocycles. The lowest BCUT2D eigenvalue weighted by molar-refractivity contribution is 0.0928. The summed E-state index contributed by atoms with van der Waals surface area (Å²) in [7, 11) is 9.34. The number of hydrogen-bond donors (Lipinski definition) is 0. The first-order chi connectivity index (χ1) is 18.4. The van der Waals surface area contributed by atoms with E-state index < -0.39 is 5.92 Å². The average Bonchev–Trinajstić information content (AvgIpc) is 3.24. The van der Waals surface area contributed by atoms with Crippen LogP contribution in [0.1, 0.15) is 54.6 Å². The molecule has 1 aliphatic rings. The summed E-state index contributed by atoms with van der Waals surface area (Å²) in [6, 6.07) is 5.50. The first kappa shape index (κ1) is 30.4. The molecule has 0 N–H and O–H groups in total. The second-order valence-corrected chi connectivity index (χ2v) is 8.18. The number of carbonyl (C=O) groups excluding carboxylic acids is 1. The van der Waals surface area contributed by atoms with Crippen molar-refractivity contribution in [2.45, 2.75) is 33.1 Å². The van der Waals surface area contributed by atoms with Gasteiger partial charge in [-0.05, 0) is 37.1 Å². The number of benzene rings is 2. The molecule has 2 aromatic rings. The molecule has 0 fully saturated rings. The Kier molecular flexibility index (Phi) is 11.3. The quantitative estimate of drug-likeness (QED) is 0.300. The van der Waals surface area contributed by atoms with Gasteiger partial charge in [0, 0.05) is 23.0 Å². The summed E-state index contributed by atoms with van der Waals surface area (Å²) in [5, 5.41) is 0. The smallest absolute Gasteiger partial charge is 0.203 e. The predicted octanol–water partition coefficient (Wildman–Crippen LogP) is 6.79. The van der Waals surface area contributed by atoms with Gasteiger partial charge in [-0.25, -0.2) is 0 Å². The lowest BCUT2D eigenvalue weighted by Gasteiger charge is -2.24. The maximum Gasteiger partial charge on any atom is 0.203 e. The van der Waals surface area contributed by atoms with Crippen LogP contribution in [-0.2, 0) is 0 Å². The zero-order chi connectivity index (χ0) is 28.4. The maximum absolute atomic E-state index is 14.0. The zero-order valence-electron chi connectivity index (χ0n) is 24.0. The van der Waals surface area contributed by atoms with Crippen molar-refractivity contribution in [2.24, 2.45) is 5.92 Å². The van der Waals surface area contributed by atoms with Crippen molar-refractivity contribution < 1.29 is 33.2 Å². The molecule has 0 heterocycles. The van der Waals surface area contributed by atoms with Gasteiger partial charge in [0.2, 0.25) is 11.5 Å². The van der Waals surface area contributed by atoms with Crippen molar-refractivity contribution in [3.8, 4) is 34.5 Å². The summed E-state index contributed by atoms with van der Waals surface area (Å²) in [5.74, 6) is 2.02. The summed E-state index contributed by atoms with van der Waals surface area (Å²) in [6.45, 7) is 9.71. The maximum atomic E-state index is 14.0. The van der Waals surface area contributed by atoms with Crippen molar-refractivity contribution in [1.82, 2.24) is 0 Å². The average molecular weight is 525 g/mol. The third-order valence-corrected chi connectivity index (χ3v) is 6.50. The van der Waals surface area contributed by atoms with Crippen molar-refractivity contribution in [2.75, 3.05) is 42.7 Å². The Balaban J connectivity index is 0.00000247. The second kappa shape index (κ2) is 14.2. The molecule has 3 rings (SSSR count).